The Labute approximate surface area is 66.8 Å². The van der Waals surface area contributed by atoms with Crippen molar-refractivity contribution in [1.82, 2.24) is 9.80 Å². The summed E-state index contributed by atoms with van der Waals surface area (Å²) in [7, 11) is 3.39. The van der Waals surface area contributed by atoms with Crippen LogP contribution in [0.4, 0.5) is 0 Å². The summed E-state index contributed by atoms with van der Waals surface area (Å²) in [6.07, 6.45) is 0.744. The standard InChI is InChI=1S/C7H14N2O2/c1-7(11)9(3)5-4-8(2)6-10/h6H,4-5H2,1-3H3. The second kappa shape index (κ2) is 4.71. The first-order chi connectivity index (χ1) is 5.07. The third kappa shape index (κ3) is 4.36. The minimum Gasteiger partial charge on any atom is -0.347 e. The van der Waals surface area contributed by atoms with Crippen LogP contribution in [-0.4, -0.2) is 49.3 Å². The Morgan fingerprint density at radius 2 is 1.91 bits per heavy atom. The van der Waals surface area contributed by atoms with Crippen molar-refractivity contribution in [3.63, 3.8) is 0 Å². The zero-order valence-corrected chi connectivity index (χ0v) is 7.20. The van der Waals surface area contributed by atoms with Gasteiger partial charge < -0.3 is 9.80 Å². The van der Waals surface area contributed by atoms with Gasteiger partial charge in [0.15, 0.2) is 0 Å². The molecule has 0 heterocycles. The first-order valence-corrected chi connectivity index (χ1v) is 3.45. The molecule has 0 aliphatic heterocycles. The van der Waals surface area contributed by atoms with E-state index in [1.54, 1.807) is 19.0 Å². The molecule has 0 atom stereocenters. The maximum Gasteiger partial charge on any atom is 0.219 e. The van der Waals surface area contributed by atoms with Crippen molar-refractivity contribution in [2.24, 2.45) is 0 Å². The van der Waals surface area contributed by atoms with E-state index in [4.69, 9.17) is 0 Å². The summed E-state index contributed by atoms with van der Waals surface area (Å²) in [5, 5.41) is 0. The summed E-state index contributed by atoms with van der Waals surface area (Å²) >= 11 is 0. The molecule has 4 nitrogen and oxygen atoms in total. The van der Waals surface area contributed by atoms with Gasteiger partial charge in [0.1, 0.15) is 0 Å². The third-order valence-corrected chi connectivity index (χ3v) is 1.51. The van der Waals surface area contributed by atoms with Gasteiger partial charge in [-0.25, -0.2) is 0 Å². The highest BCUT2D eigenvalue weighted by Gasteiger charge is 2.01. The smallest absolute Gasteiger partial charge is 0.219 e. The zero-order valence-electron chi connectivity index (χ0n) is 7.20. The summed E-state index contributed by atoms with van der Waals surface area (Å²) in [4.78, 5) is 23.8. The van der Waals surface area contributed by atoms with E-state index >= 15 is 0 Å². The van der Waals surface area contributed by atoms with Crippen LogP contribution in [-0.2, 0) is 9.59 Å². The highest BCUT2D eigenvalue weighted by Crippen LogP contribution is 1.84. The van der Waals surface area contributed by atoms with Crippen LogP contribution >= 0.6 is 0 Å². The maximum atomic E-state index is 10.7. The molecule has 0 unspecified atom stereocenters. The molecular weight excluding hydrogens is 144 g/mol. The fraction of sp³-hybridized carbons (Fsp3) is 0.714. The van der Waals surface area contributed by atoms with Crippen LogP contribution < -0.4 is 0 Å². The number of hydrogen-bond donors (Lipinski definition) is 0. The molecular formula is C7H14N2O2. The molecule has 0 aliphatic rings. The van der Waals surface area contributed by atoms with Gasteiger partial charge in [-0.2, -0.15) is 0 Å². The third-order valence-electron chi connectivity index (χ3n) is 1.51. The van der Waals surface area contributed by atoms with Gasteiger partial charge in [0.05, 0.1) is 0 Å². The number of rotatable bonds is 4. The van der Waals surface area contributed by atoms with Crippen molar-refractivity contribution in [2.45, 2.75) is 6.92 Å². The first kappa shape index (κ1) is 9.94. The Hall–Kier alpha value is -1.06. The summed E-state index contributed by atoms with van der Waals surface area (Å²) in [6.45, 7) is 2.67. The Morgan fingerprint density at radius 1 is 1.36 bits per heavy atom. The Morgan fingerprint density at radius 3 is 2.27 bits per heavy atom. The second-order valence-corrected chi connectivity index (χ2v) is 2.53. The van der Waals surface area contributed by atoms with Crippen LogP contribution in [0.2, 0.25) is 0 Å². The quantitative estimate of drug-likeness (QED) is 0.520. The van der Waals surface area contributed by atoms with Gasteiger partial charge in [-0.15, -0.1) is 0 Å². The summed E-state index contributed by atoms with van der Waals surface area (Å²) in [5.74, 6) is 0.0179. The normalized spacial score (nSPS) is 9.00. The van der Waals surface area contributed by atoms with Crippen LogP contribution in [0.5, 0.6) is 0 Å². The summed E-state index contributed by atoms with van der Waals surface area (Å²) in [5.41, 5.74) is 0. The van der Waals surface area contributed by atoms with Gasteiger partial charge in [-0.3, -0.25) is 9.59 Å². The average molecular weight is 158 g/mol. The van der Waals surface area contributed by atoms with E-state index in [2.05, 4.69) is 0 Å². The fourth-order valence-corrected chi connectivity index (χ4v) is 0.518. The molecule has 0 aromatic heterocycles. The lowest BCUT2D eigenvalue weighted by atomic mass is 10.5. The predicted octanol–water partition coefficient (Wildman–Crippen LogP) is -0.447. The molecule has 0 aromatic carbocycles. The van der Waals surface area contributed by atoms with E-state index in [0.29, 0.717) is 13.1 Å². The minimum absolute atomic E-state index is 0.0179. The van der Waals surface area contributed by atoms with Gasteiger partial charge in [0.2, 0.25) is 12.3 Å². The molecule has 64 valence electrons. The minimum atomic E-state index is 0.0179. The molecule has 0 rings (SSSR count). The van der Waals surface area contributed by atoms with Crippen LogP contribution in [0.25, 0.3) is 0 Å². The average Bonchev–Trinajstić information content (AvgIpc) is 1.99. The van der Waals surface area contributed by atoms with Crippen molar-refractivity contribution in [1.29, 1.82) is 0 Å². The van der Waals surface area contributed by atoms with Crippen molar-refractivity contribution >= 4 is 12.3 Å². The van der Waals surface area contributed by atoms with E-state index in [1.807, 2.05) is 0 Å². The Balaban J connectivity index is 3.53. The van der Waals surface area contributed by atoms with E-state index < -0.39 is 0 Å². The van der Waals surface area contributed by atoms with Gasteiger partial charge in [-0.1, -0.05) is 0 Å². The van der Waals surface area contributed by atoms with Gasteiger partial charge in [0, 0.05) is 34.1 Å². The lowest BCUT2D eigenvalue weighted by Gasteiger charge is -2.17. The predicted molar refractivity (Wildman–Crippen MR) is 42.0 cm³/mol. The molecule has 0 bridgehead atoms. The molecule has 0 aliphatic carbocycles. The second-order valence-electron chi connectivity index (χ2n) is 2.53. The Kier molecular flexibility index (Phi) is 4.26. The van der Waals surface area contributed by atoms with E-state index in [9.17, 15) is 9.59 Å². The maximum absolute atomic E-state index is 10.7. The fourth-order valence-electron chi connectivity index (χ4n) is 0.518. The number of carbonyl (C=O) groups is 2. The van der Waals surface area contributed by atoms with Crippen LogP contribution in [0.3, 0.4) is 0 Å². The molecule has 4 heteroatoms. The largest absolute Gasteiger partial charge is 0.347 e. The number of nitrogens with zero attached hydrogens (tertiary/aromatic N) is 2. The highest BCUT2D eigenvalue weighted by atomic mass is 16.2. The van der Waals surface area contributed by atoms with Crippen LogP contribution in [0, 0.1) is 0 Å². The van der Waals surface area contributed by atoms with Gasteiger partial charge in [0.25, 0.3) is 0 Å². The van der Waals surface area contributed by atoms with Crippen LogP contribution in [0.15, 0.2) is 0 Å². The SMILES string of the molecule is CC(=O)N(C)CCN(C)C=O. The lowest BCUT2D eigenvalue weighted by Crippen LogP contribution is -2.32. The molecule has 0 aromatic rings. The van der Waals surface area contributed by atoms with Crippen molar-refractivity contribution in [3.8, 4) is 0 Å². The topological polar surface area (TPSA) is 40.6 Å². The summed E-state index contributed by atoms with van der Waals surface area (Å²) in [6, 6.07) is 0. The van der Waals surface area contributed by atoms with Crippen molar-refractivity contribution < 1.29 is 9.59 Å². The molecule has 2 amide bonds. The zero-order chi connectivity index (χ0) is 8.85. The number of hydrogen-bond acceptors (Lipinski definition) is 2. The first-order valence-electron chi connectivity index (χ1n) is 3.45. The van der Waals surface area contributed by atoms with Crippen molar-refractivity contribution in [2.75, 3.05) is 27.2 Å². The molecule has 0 radical (unpaired) electrons. The molecule has 0 saturated carbocycles. The van der Waals surface area contributed by atoms with Gasteiger partial charge >= 0.3 is 0 Å². The summed E-state index contributed by atoms with van der Waals surface area (Å²) < 4.78 is 0. The number of amides is 2. The van der Waals surface area contributed by atoms with E-state index in [0.717, 1.165) is 6.41 Å². The number of likely N-dealkylation sites (N-methyl/N-ethyl adjacent to an activating group) is 2. The molecule has 0 spiro atoms. The highest BCUT2D eigenvalue weighted by molar-refractivity contribution is 5.72. The monoisotopic (exact) mass is 158 g/mol. The lowest BCUT2D eigenvalue weighted by molar-refractivity contribution is -0.128. The molecule has 0 saturated heterocycles. The molecule has 11 heavy (non-hydrogen) atoms. The molecule has 0 N–H and O–H groups in total. The van der Waals surface area contributed by atoms with Crippen molar-refractivity contribution in [3.05, 3.63) is 0 Å². The number of carbonyl (C=O) groups excluding carboxylic acids is 2. The van der Waals surface area contributed by atoms with Gasteiger partial charge in [-0.05, 0) is 0 Å². The molecule has 0 fully saturated rings. The van der Waals surface area contributed by atoms with Crippen LogP contribution in [0.1, 0.15) is 6.92 Å². The van der Waals surface area contributed by atoms with E-state index in [-0.39, 0.29) is 5.91 Å². The van der Waals surface area contributed by atoms with E-state index in [1.165, 1.54) is 11.8 Å². The Bertz CT molecular complexity index is 147.